The van der Waals surface area contributed by atoms with Crippen molar-refractivity contribution >= 4 is 35.2 Å². The number of hydrogen-bond acceptors (Lipinski definition) is 3. The third-order valence-electron chi connectivity index (χ3n) is 7.76. The predicted octanol–water partition coefficient (Wildman–Crippen LogP) is 10.7. The van der Waals surface area contributed by atoms with Gasteiger partial charge in [0.1, 0.15) is 5.58 Å². The second-order valence-corrected chi connectivity index (χ2v) is 17.7. The van der Waals surface area contributed by atoms with Crippen LogP contribution in [0.2, 0.25) is 19.6 Å². The average molecular weight is 814 g/mol. The Morgan fingerprint density at radius 1 is 0.787 bits per heavy atom. The third-order valence-corrected chi connectivity index (χ3v) is 9.79. The molecular formula is C42H40IrN2OSi-2. The summed E-state index contributed by atoms with van der Waals surface area (Å²) >= 11 is 0. The molecule has 7 rings (SSSR count). The molecule has 239 valence electrons. The van der Waals surface area contributed by atoms with Gasteiger partial charge in [-0.2, -0.15) is 0 Å². The number of nitrogens with zero attached hydrogens (tertiary/aromatic N) is 2. The number of furan rings is 1. The first-order chi connectivity index (χ1) is 24.1. The summed E-state index contributed by atoms with van der Waals surface area (Å²) in [5.74, 6) is -0.429. The molecule has 0 unspecified atom stereocenters. The molecule has 7 aromatic rings. The zero-order chi connectivity index (χ0) is 36.6. The summed E-state index contributed by atoms with van der Waals surface area (Å²) in [6.45, 7) is 7.99. The van der Waals surface area contributed by atoms with Gasteiger partial charge in [-0.1, -0.05) is 111 Å². The minimum atomic E-state index is -2.48. The van der Waals surface area contributed by atoms with Crippen LogP contribution in [0.1, 0.15) is 31.8 Å². The molecule has 1 radical (unpaired) electrons. The van der Waals surface area contributed by atoms with E-state index in [-0.39, 0.29) is 31.2 Å². The number of hydrogen-bond donors (Lipinski definition) is 0. The molecule has 0 amide bonds. The van der Waals surface area contributed by atoms with Crippen LogP contribution in [0.25, 0.3) is 55.6 Å². The van der Waals surface area contributed by atoms with Crippen LogP contribution < -0.4 is 5.19 Å². The first kappa shape index (κ1) is 27.9. The molecule has 5 heteroatoms. The molecular weight excluding hydrogens is 769 g/mol. The Bertz CT molecular complexity index is 2280. The van der Waals surface area contributed by atoms with Gasteiger partial charge < -0.3 is 14.4 Å². The SMILES string of the molecule is C[Si](C)(C)c1ccc(-c2[c-]cccc2)nc1.[2H]C([2H])([2H])c1cnc(-c2[c-]ccc3c2oc2cc(-c4ccccc4)ccc23)cc1C([2H])([2H])C(C)C.[Ir]. The molecule has 0 spiro atoms. The largest absolute Gasteiger partial charge is 0.501 e. The number of rotatable bonds is 6. The van der Waals surface area contributed by atoms with E-state index in [1.807, 2.05) is 79.0 Å². The van der Waals surface area contributed by atoms with E-state index in [0.717, 1.165) is 38.7 Å². The van der Waals surface area contributed by atoms with Crippen molar-refractivity contribution in [3.8, 4) is 33.6 Å². The summed E-state index contributed by atoms with van der Waals surface area (Å²) in [6, 6.07) is 40.0. The number of aromatic nitrogens is 2. The standard InChI is InChI=1S/C28H24NO.C14H16NSi.Ir/c1-18(2)14-22-15-26(29-17-19(22)3)25-11-7-10-24-23-13-12-21(16-27(23)30-28(24)25)20-8-5-4-6-9-20;1-16(2,3)13-9-10-14(15-11-13)12-7-5-4-6-8-12;/h4-10,12-13,15-18H,14H2,1-3H3;4-7,9-11H,1-3H3;/q2*-1;/i3D3,14D2;;. The van der Waals surface area contributed by atoms with Crippen molar-refractivity contribution in [2.45, 2.75) is 46.7 Å². The van der Waals surface area contributed by atoms with Crippen LogP contribution in [0.15, 0.2) is 120 Å². The molecule has 47 heavy (non-hydrogen) atoms. The van der Waals surface area contributed by atoms with Crippen molar-refractivity contribution in [2.75, 3.05) is 0 Å². The third kappa shape index (κ3) is 7.88. The summed E-state index contributed by atoms with van der Waals surface area (Å²) in [5.41, 5.74) is 6.52. The Morgan fingerprint density at radius 3 is 2.26 bits per heavy atom. The Labute approximate surface area is 300 Å². The maximum atomic E-state index is 8.61. The molecule has 0 N–H and O–H groups in total. The van der Waals surface area contributed by atoms with Crippen LogP contribution in [0.3, 0.4) is 0 Å². The van der Waals surface area contributed by atoms with Crippen LogP contribution in [-0.2, 0) is 26.5 Å². The smallest absolute Gasteiger partial charge is 0.121 e. The quantitative estimate of drug-likeness (QED) is 0.124. The molecule has 0 aliphatic rings. The van der Waals surface area contributed by atoms with E-state index in [1.165, 1.54) is 17.4 Å². The van der Waals surface area contributed by atoms with Gasteiger partial charge in [-0.05, 0) is 58.5 Å². The minimum absolute atomic E-state index is 0. The Hall–Kier alpha value is -4.15. The maximum absolute atomic E-state index is 8.61. The van der Waals surface area contributed by atoms with Gasteiger partial charge in [-0.3, -0.25) is 0 Å². The summed E-state index contributed by atoms with van der Waals surface area (Å²) in [6.07, 6.45) is 1.43. The van der Waals surface area contributed by atoms with E-state index >= 15 is 0 Å². The van der Waals surface area contributed by atoms with Crippen LogP contribution in [-0.4, -0.2) is 18.0 Å². The van der Waals surface area contributed by atoms with E-state index in [2.05, 4.69) is 59.9 Å². The number of aryl methyl sites for hydroxylation is 1. The zero-order valence-electron chi connectivity index (χ0n) is 32.2. The van der Waals surface area contributed by atoms with E-state index in [1.54, 1.807) is 19.9 Å². The molecule has 0 fully saturated rings. The molecule has 0 atom stereocenters. The number of pyridine rings is 2. The topological polar surface area (TPSA) is 38.9 Å². The Kier molecular flexibility index (Phi) is 8.75. The van der Waals surface area contributed by atoms with Gasteiger partial charge in [-0.15, -0.1) is 54.1 Å². The molecule has 0 aliphatic heterocycles. The van der Waals surface area contributed by atoms with Crippen molar-refractivity contribution in [1.29, 1.82) is 0 Å². The fourth-order valence-electron chi connectivity index (χ4n) is 5.31. The normalized spacial score (nSPS) is 13.4. The first-order valence-electron chi connectivity index (χ1n) is 18.0. The molecule has 3 aromatic heterocycles. The van der Waals surface area contributed by atoms with E-state index in [0.29, 0.717) is 16.8 Å². The molecule has 3 nitrogen and oxygen atoms in total. The van der Waals surface area contributed by atoms with E-state index in [4.69, 9.17) is 11.3 Å². The van der Waals surface area contributed by atoms with Crippen LogP contribution in [0.5, 0.6) is 0 Å². The van der Waals surface area contributed by atoms with Crippen molar-refractivity contribution in [3.05, 3.63) is 139 Å². The van der Waals surface area contributed by atoms with E-state index in [9.17, 15) is 0 Å². The zero-order valence-corrected chi connectivity index (χ0v) is 30.6. The van der Waals surface area contributed by atoms with Crippen molar-refractivity contribution in [1.82, 2.24) is 9.97 Å². The minimum Gasteiger partial charge on any atom is -0.501 e. The second kappa shape index (κ2) is 14.7. The predicted molar refractivity (Wildman–Crippen MR) is 196 cm³/mol. The van der Waals surface area contributed by atoms with Gasteiger partial charge >= 0.3 is 0 Å². The molecule has 0 saturated heterocycles. The van der Waals surface area contributed by atoms with Crippen LogP contribution >= 0.6 is 0 Å². The molecule has 0 saturated carbocycles. The fraction of sp³-hybridized carbons (Fsp3) is 0.190. The average Bonchev–Trinajstić information content (AvgIpc) is 3.50. The molecule has 4 aromatic carbocycles. The van der Waals surface area contributed by atoms with E-state index < -0.39 is 27.2 Å². The first-order valence-corrected chi connectivity index (χ1v) is 19.0. The van der Waals surface area contributed by atoms with Gasteiger partial charge in [0.25, 0.3) is 0 Å². The van der Waals surface area contributed by atoms with Crippen molar-refractivity contribution in [2.24, 2.45) is 5.92 Å². The Morgan fingerprint density at radius 2 is 1.57 bits per heavy atom. The van der Waals surface area contributed by atoms with Crippen LogP contribution in [0, 0.1) is 24.9 Å². The molecule has 0 bridgehead atoms. The second-order valence-electron chi connectivity index (χ2n) is 12.6. The summed E-state index contributed by atoms with van der Waals surface area (Å²) < 4.78 is 47.2. The summed E-state index contributed by atoms with van der Waals surface area (Å²) in [4.78, 5) is 8.94. The summed E-state index contributed by atoms with van der Waals surface area (Å²) in [5, 5.41) is 3.24. The van der Waals surface area contributed by atoms with Gasteiger partial charge in [-0.25, -0.2) is 0 Å². The maximum Gasteiger partial charge on any atom is 0.121 e. The van der Waals surface area contributed by atoms with Gasteiger partial charge in [0.2, 0.25) is 0 Å². The van der Waals surface area contributed by atoms with Crippen molar-refractivity contribution in [3.63, 3.8) is 0 Å². The van der Waals surface area contributed by atoms with Gasteiger partial charge in [0, 0.05) is 44.7 Å². The van der Waals surface area contributed by atoms with Crippen LogP contribution in [0.4, 0.5) is 0 Å². The van der Waals surface area contributed by atoms with Gasteiger partial charge in [0.05, 0.1) is 13.7 Å². The fourth-order valence-corrected chi connectivity index (χ4v) is 6.35. The van der Waals surface area contributed by atoms with Gasteiger partial charge in [0.15, 0.2) is 0 Å². The molecule has 0 aliphatic carbocycles. The monoisotopic (exact) mass is 814 g/mol. The number of benzene rings is 4. The molecule has 3 heterocycles. The van der Waals surface area contributed by atoms with Crippen molar-refractivity contribution < 1.29 is 31.4 Å². The summed E-state index contributed by atoms with van der Waals surface area (Å²) in [7, 11) is -1.23. The Balaban J connectivity index is 0.000000258. The number of fused-ring (bicyclic) bond motifs is 3.